The highest BCUT2D eigenvalue weighted by atomic mass is 32.2. The van der Waals surface area contributed by atoms with Crippen molar-refractivity contribution in [1.29, 1.82) is 0 Å². The van der Waals surface area contributed by atoms with Gasteiger partial charge in [0.15, 0.2) is 0 Å². The predicted octanol–water partition coefficient (Wildman–Crippen LogP) is 8.46. The molecule has 0 aliphatic carbocycles. The van der Waals surface area contributed by atoms with Crippen LogP contribution in [0.25, 0.3) is 23.7 Å². The number of benzene rings is 4. The number of hydrogen-bond donors (Lipinski definition) is 1. The quantitative estimate of drug-likeness (QED) is 0.230. The summed E-state index contributed by atoms with van der Waals surface area (Å²) in [6.45, 7) is 0. The Bertz CT molecular complexity index is 1580. The molecule has 0 amide bonds. The van der Waals surface area contributed by atoms with E-state index in [2.05, 4.69) is 0 Å². The SMILES string of the molecule is COc1cccc2c1Sc1ccccc1C=C2OP(=O)(O)OC1=Cc2ccccc2Sc2c(OC)cccc21. The topological polar surface area (TPSA) is 74.2 Å². The van der Waals surface area contributed by atoms with Gasteiger partial charge in [0.05, 0.1) is 24.0 Å². The minimum absolute atomic E-state index is 0.210. The van der Waals surface area contributed by atoms with Gasteiger partial charge >= 0.3 is 7.82 Å². The van der Waals surface area contributed by atoms with Crippen molar-refractivity contribution >= 4 is 55.0 Å². The van der Waals surface area contributed by atoms with Gasteiger partial charge < -0.3 is 18.5 Å². The van der Waals surface area contributed by atoms with Gasteiger partial charge in [-0.3, -0.25) is 4.89 Å². The molecule has 6 rings (SSSR count). The van der Waals surface area contributed by atoms with Gasteiger partial charge in [-0.25, -0.2) is 4.57 Å². The second-order valence-corrected chi connectivity index (χ2v) is 12.0. The Morgan fingerprint density at radius 2 is 1.05 bits per heavy atom. The Morgan fingerprint density at radius 3 is 1.49 bits per heavy atom. The zero-order valence-corrected chi connectivity index (χ0v) is 23.5. The largest absolute Gasteiger partial charge is 0.584 e. The Balaban J connectivity index is 1.42. The van der Waals surface area contributed by atoms with Crippen LogP contribution in [0.1, 0.15) is 22.3 Å². The van der Waals surface area contributed by atoms with E-state index in [0.29, 0.717) is 22.6 Å². The molecule has 0 radical (unpaired) electrons. The summed E-state index contributed by atoms with van der Waals surface area (Å²) >= 11 is 3.03. The summed E-state index contributed by atoms with van der Waals surface area (Å²) in [6.07, 6.45) is 3.51. The van der Waals surface area contributed by atoms with E-state index in [1.807, 2.05) is 84.9 Å². The van der Waals surface area contributed by atoms with Gasteiger partial charge in [0.2, 0.25) is 0 Å². The number of phosphoric ester groups is 1. The van der Waals surface area contributed by atoms with Gasteiger partial charge in [-0.1, -0.05) is 72.1 Å². The lowest BCUT2D eigenvalue weighted by Gasteiger charge is -2.20. The first-order chi connectivity index (χ1) is 19.0. The highest BCUT2D eigenvalue weighted by Crippen LogP contribution is 2.56. The van der Waals surface area contributed by atoms with Gasteiger partial charge in [-0.15, -0.1) is 0 Å². The van der Waals surface area contributed by atoms with Crippen LogP contribution in [0.3, 0.4) is 0 Å². The first kappa shape index (κ1) is 25.7. The third-order valence-corrected chi connectivity index (χ3v) is 9.48. The molecule has 0 fully saturated rings. The summed E-state index contributed by atoms with van der Waals surface area (Å²) < 4.78 is 36.6. The Labute approximate surface area is 234 Å². The maximum atomic E-state index is 13.7. The third-order valence-electron chi connectivity index (χ3n) is 6.19. The van der Waals surface area contributed by atoms with E-state index >= 15 is 0 Å². The molecule has 0 aromatic heterocycles. The molecular formula is C30H23O6PS2. The smallest absolute Gasteiger partial charge is 0.496 e. The fraction of sp³-hybridized carbons (Fsp3) is 0.0667. The van der Waals surface area contributed by atoms with Crippen molar-refractivity contribution in [3.05, 3.63) is 107 Å². The molecular weight excluding hydrogens is 551 g/mol. The molecule has 0 spiro atoms. The maximum absolute atomic E-state index is 13.7. The Morgan fingerprint density at radius 1 is 0.615 bits per heavy atom. The molecule has 196 valence electrons. The molecule has 0 bridgehead atoms. The van der Waals surface area contributed by atoms with Crippen molar-refractivity contribution < 1.29 is 28.0 Å². The number of methoxy groups -OCH3 is 2. The van der Waals surface area contributed by atoms with E-state index in [1.165, 1.54) is 23.5 Å². The molecule has 1 N–H and O–H groups in total. The summed E-state index contributed by atoms with van der Waals surface area (Å²) in [6, 6.07) is 26.5. The first-order valence-corrected chi connectivity index (χ1v) is 15.1. The van der Waals surface area contributed by atoms with Crippen LogP contribution in [-0.4, -0.2) is 19.1 Å². The normalized spacial score (nSPS) is 13.7. The number of rotatable bonds is 6. The minimum atomic E-state index is -4.69. The molecule has 6 nitrogen and oxygen atoms in total. The van der Waals surface area contributed by atoms with Crippen molar-refractivity contribution in [2.45, 2.75) is 19.6 Å². The van der Waals surface area contributed by atoms with Crippen LogP contribution < -0.4 is 9.47 Å². The maximum Gasteiger partial charge on any atom is 0.584 e. The van der Waals surface area contributed by atoms with Crippen molar-refractivity contribution in [3.8, 4) is 11.5 Å². The summed E-state index contributed by atoms with van der Waals surface area (Å²) in [5, 5.41) is 0. The van der Waals surface area contributed by atoms with Crippen LogP contribution in [0, 0.1) is 0 Å². The van der Waals surface area contributed by atoms with Crippen molar-refractivity contribution in [2.24, 2.45) is 0 Å². The van der Waals surface area contributed by atoms with E-state index < -0.39 is 7.82 Å². The monoisotopic (exact) mass is 574 g/mol. The van der Waals surface area contributed by atoms with Crippen LogP contribution in [0.2, 0.25) is 0 Å². The summed E-state index contributed by atoms with van der Waals surface area (Å²) in [7, 11) is -1.50. The van der Waals surface area contributed by atoms with Crippen LogP contribution in [0.15, 0.2) is 105 Å². The molecule has 0 saturated carbocycles. The summed E-state index contributed by atoms with van der Waals surface area (Å²) in [5.74, 6) is 1.70. The Kier molecular flexibility index (Phi) is 6.95. The summed E-state index contributed by atoms with van der Waals surface area (Å²) in [4.78, 5) is 14.7. The average molecular weight is 575 g/mol. The summed E-state index contributed by atoms with van der Waals surface area (Å²) in [5.41, 5.74) is 2.96. The van der Waals surface area contributed by atoms with Crippen molar-refractivity contribution in [3.63, 3.8) is 0 Å². The number of phosphoric acid groups is 1. The molecule has 2 aliphatic heterocycles. The zero-order chi connectivity index (χ0) is 27.0. The van der Waals surface area contributed by atoms with Gasteiger partial charge in [0.1, 0.15) is 23.0 Å². The van der Waals surface area contributed by atoms with Gasteiger partial charge in [-0.05, 0) is 59.7 Å². The van der Waals surface area contributed by atoms with Crippen molar-refractivity contribution in [1.82, 2.24) is 0 Å². The molecule has 4 aromatic rings. The van der Waals surface area contributed by atoms with Gasteiger partial charge in [0.25, 0.3) is 0 Å². The van der Waals surface area contributed by atoms with Crippen LogP contribution in [-0.2, 0) is 13.6 Å². The van der Waals surface area contributed by atoms with E-state index in [1.54, 1.807) is 26.4 Å². The second-order valence-electron chi connectivity index (χ2n) is 8.62. The van der Waals surface area contributed by atoms with E-state index in [9.17, 15) is 9.46 Å². The lowest BCUT2D eigenvalue weighted by atomic mass is 10.1. The second kappa shape index (κ2) is 10.5. The van der Waals surface area contributed by atoms with Crippen LogP contribution in [0.4, 0.5) is 0 Å². The highest BCUT2D eigenvalue weighted by Gasteiger charge is 2.33. The predicted molar refractivity (Wildman–Crippen MR) is 155 cm³/mol. The molecule has 0 saturated heterocycles. The van der Waals surface area contributed by atoms with Gasteiger partial charge in [-0.2, -0.15) is 0 Å². The van der Waals surface area contributed by atoms with E-state index in [0.717, 1.165) is 30.7 Å². The lowest BCUT2D eigenvalue weighted by Crippen LogP contribution is -1.99. The third kappa shape index (κ3) is 5.09. The van der Waals surface area contributed by atoms with E-state index in [-0.39, 0.29) is 11.5 Å². The molecule has 39 heavy (non-hydrogen) atoms. The first-order valence-electron chi connectivity index (χ1n) is 12.0. The molecule has 2 aliphatic rings. The molecule has 0 atom stereocenters. The molecule has 9 heteroatoms. The lowest BCUT2D eigenvalue weighted by molar-refractivity contribution is 0.264. The number of fused-ring (bicyclic) bond motifs is 4. The highest BCUT2D eigenvalue weighted by molar-refractivity contribution is 8.00. The fourth-order valence-electron chi connectivity index (χ4n) is 4.41. The van der Waals surface area contributed by atoms with Gasteiger partial charge in [0, 0.05) is 20.9 Å². The van der Waals surface area contributed by atoms with Crippen molar-refractivity contribution in [2.75, 3.05) is 14.2 Å². The molecule has 2 heterocycles. The minimum Gasteiger partial charge on any atom is -0.496 e. The van der Waals surface area contributed by atoms with E-state index in [4.69, 9.17) is 18.5 Å². The fourth-order valence-corrected chi connectivity index (χ4v) is 7.53. The zero-order valence-electron chi connectivity index (χ0n) is 21.0. The van der Waals surface area contributed by atoms with Crippen LogP contribution in [0.5, 0.6) is 11.5 Å². The molecule has 0 unspecified atom stereocenters. The van der Waals surface area contributed by atoms with Crippen LogP contribution >= 0.6 is 31.3 Å². The standard InChI is InChI=1S/C30H23O6PS2/c1-33-23-13-7-11-21-25(17-19-9-3-5-15-27(19)38-29(21)23)35-37(31,32)36-26-18-20-10-4-6-16-28(20)39-30-22(26)12-8-14-24(30)34-2/h3-18H,1-2H3,(H,31,32). The average Bonchev–Trinajstić information content (AvgIpc) is 3.19. The Hall–Kier alpha value is -3.55. The molecule has 4 aromatic carbocycles. The number of ether oxygens (including phenoxy) is 2. The number of hydrogen-bond acceptors (Lipinski definition) is 7.